The van der Waals surface area contributed by atoms with Gasteiger partial charge in [0.1, 0.15) is 0 Å². The van der Waals surface area contributed by atoms with E-state index in [-0.39, 0.29) is 12.1 Å². The minimum Gasteiger partial charge on any atom is -0.338 e. The van der Waals surface area contributed by atoms with E-state index in [9.17, 15) is 14.4 Å². The molecule has 4 amide bonds. The number of alkyl halides is 1. The van der Waals surface area contributed by atoms with Crippen molar-refractivity contribution in [3.05, 3.63) is 35.4 Å². The number of hydrogen-bond acceptors (Lipinski definition) is 3. The molecule has 3 rings (SSSR count). The quantitative estimate of drug-likeness (QED) is 0.434. The zero-order chi connectivity index (χ0) is 20.8. The number of carbonyl (C=O) groups excluding carboxylic acids is 3. The Kier molecular flexibility index (Phi) is 7.36. The van der Waals surface area contributed by atoms with Gasteiger partial charge in [0.05, 0.1) is 0 Å². The highest BCUT2D eigenvalue weighted by atomic mass is 35.5. The van der Waals surface area contributed by atoms with E-state index in [0.29, 0.717) is 58.0 Å². The molecular formula is C21H29ClN4O3. The van der Waals surface area contributed by atoms with Gasteiger partial charge in [-0.2, -0.15) is 0 Å². The second-order valence-corrected chi connectivity index (χ2v) is 8.08. The Bertz CT molecular complexity index is 732. The number of hydrogen-bond donors (Lipinski definition) is 1. The Balaban J connectivity index is 1.49. The molecule has 0 radical (unpaired) electrons. The number of benzene rings is 1. The molecule has 8 heteroatoms. The first kappa shape index (κ1) is 21.4. The number of likely N-dealkylation sites (tertiary alicyclic amines) is 1. The number of rotatable bonds is 6. The molecule has 2 aliphatic heterocycles. The van der Waals surface area contributed by atoms with E-state index in [2.05, 4.69) is 5.32 Å². The van der Waals surface area contributed by atoms with Crippen molar-refractivity contribution in [2.45, 2.75) is 38.8 Å². The number of aryl methyl sites for hydroxylation is 1. The van der Waals surface area contributed by atoms with Gasteiger partial charge in [0.15, 0.2) is 0 Å². The lowest BCUT2D eigenvalue weighted by atomic mass is 10.0. The standard InChI is InChI=1S/C21H29ClN4O3/c1-16-3-5-17(6-4-16)15-25-13-14-26(20(28)19(25)27)18-7-11-24(12-8-18)21(29)23-10-2-9-22/h3-6,18H,2,7-15H2,1H3,(H,23,29). The van der Waals surface area contributed by atoms with Gasteiger partial charge in [0, 0.05) is 51.2 Å². The predicted octanol–water partition coefficient (Wildman–Crippen LogP) is 1.97. The Labute approximate surface area is 177 Å². The van der Waals surface area contributed by atoms with Gasteiger partial charge in [-0.1, -0.05) is 29.8 Å². The van der Waals surface area contributed by atoms with Crippen LogP contribution in [0, 0.1) is 6.92 Å². The van der Waals surface area contributed by atoms with E-state index in [1.165, 1.54) is 5.56 Å². The van der Waals surface area contributed by atoms with E-state index < -0.39 is 11.8 Å². The molecule has 2 fully saturated rings. The van der Waals surface area contributed by atoms with Crippen molar-refractivity contribution in [1.29, 1.82) is 0 Å². The summed E-state index contributed by atoms with van der Waals surface area (Å²) in [5, 5.41) is 2.86. The molecule has 0 spiro atoms. The summed E-state index contributed by atoms with van der Waals surface area (Å²) in [6, 6.07) is 7.94. The summed E-state index contributed by atoms with van der Waals surface area (Å²) in [4.78, 5) is 42.6. The van der Waals surface area contributed by atoms with Crippen molar-refractivity contribution in [2.24, 2.45) is 0 Å². The normalized spacial score (nSPS) is 18.3. The maximum Gasteiger partial charge on any atom is 0.317 e. The summed E-state index contributed by atoms with van der Waals surface area (Å²) in [7, 11) is 0. The lowest BCUT2D eigenvalue weighted by Gasteiger charge is -2.42. The van der Waals surface area contributed by atoms with Crippen LogP contribution < -0.4 is 5.32 Å². The summed E-state index contributed by atoms with van der Waals surface area (Å²) in [5.74, 6) is -0.333. The Morgan fingerprint density at radius 2 is 1.76 bits per heavy atom. The van der Waals surface area contributed by atoms with Gasteiger partial charge in [-0.05, 0) is 31.7 Å². The zero-order valence-corrected chi connectivity index (χ0v) is 17.7. The van der Waals surface area contributed by atoms with Crippen molar-refractivity contribution in [3.8, 4) is 0 Å². The summed E-state index contributed by atoms with van der Waals surface area (Å²) >= 11 is 5.63. The number of nitrogens with one attached hydrogen (secondary N) is 1. The molecule has 2 heterocycles. The Morgan fingerprint density at radius 1 is 1.07 bits per heavy atom. The van der Waals surface area contributed by atoms with E-state index in [1.54, 1.807) is 14.7 Å². The minimum absolute atomic E-state index is 0.0138. The molecule has 1 N–H and O–H groups in total. The Morgan fingerprint density at radius 3 is 2.41 bits per heavy atom. The summed E-state index contributed by atoms with van der Waals surface area (Å²) in [6.45, 7) is 5.30. The van der Waals surface area contributed by atoms with Crippen molar-refractivity contribution in [1.82, 2.24) is 20.0 Å². The van der Waals surface area contributed by atoms with Crippen molar-refractivity contribution in [3.63, 3.8) is 0 Å². The van der Waals surface area contributed by atoms with Gasteiger partial charge in [-0.15, -0.1) is 11.6 Å². The van der Waals surface area contributed by atoms with Crippen LogP contribution in [-0.4, -0.2) is 77.2 Å². The van der Waals surface area contributed by atoms with Gasteiger partial charge in [-0.25, -0.2) is 4.79 Å². The van der Waals surface area contributed by atoms with Gasteiger partial charge in [0.2, 0.25) is 0 Å². The fourth-order valence-corrected chi connectivity index (χ4v) is 3.99. The molecule has 29 heavy (non-hydrogen) atoms. The average Bonchev–Trinajstić information content (AvgIpc) is 2.73. The van der Waals surface area contributed by atoms with Crippen molar-refractivity contribution < 1.29 is 14.4 Å². The number of carbonyl (C=O) groups is 3. The topological polar surface area (TPSA) is 73.0 Å². The highest BCUT2D eigenvalue weighted by Gasteiger charge is 2.37. The molecule has 2 aliphatic rings. The molecule has 1 aromatic carbocycles. The highest BCUT2D eigenvalue weighted by molar-refractivity contribution is 6.35. The van der Waals surface area contributed by atoms with Gasteiger partial charge >= 0.3 is 17.8 Å². The molecule has 158 valence electrons. The molecule has 0 bridgehead atoms. The first-order valence-corrected chi connectivity index (χ1v) is 10.8. The smallest absolute Gasteiger partial charge is 0.317 e. The first-order valence-electron chi connectivity index (χ1n) is 10.2. The van der Waals surface area contributed by atoms with Crippen LogP contribution in [0.25, 0.3) is 0 Å². The molecule has 0 atom stereocenters. The monoisotopic (exact) mass is 420 g/mol. The number of urea groups is 1. The minimum atomic E-state index is -0.432. The second-order valence-electron chi connectivity index (χ2n) is 7.70. The van der Waals surface area contributed by atoms with Crippen LogP contribution in [0.15, 0.2) is 24.3 Å². The summed E-state index contributed by atoms with van der Waals surface area (Å²) < 4.78 is 0. The molecule has 0 aromatic heterocycles. The van der Waals surface area contributed by atoms with Crippen LogP contribution in [0.4, 0.5) is 4.79 Å². The lowest BCUT2D eigenvalue weighted by Crippen LogP contribution is -2.59. The van der Waals surface area contributed by atoms with Crippen LogP contribution in [0.3, 0.4) is 0 Å². The fraction of sp³-hybridized carbons (Fsp3) is 0.571. The van der Waals surface area contributed by atoms with Crippen LogP contribution in [-0.2, 0) is 16.1 Å². The largest absolute Gasteiger partial charge is 0.338 e. The molecular weight excluding hydrogens is 392 g/mol. The molecule has 0 unspecified atom stereocenters. The van der Waals surface area contributed by atoms with Crippen LogP contribution in [0.2, 0.25) is 0 Å². The molecule has 1 aromatic rings. The van der Waals surface area contributed by atoms with E-state index >= 15 is 0 Å². The van der Waals surface area contributed by atoms with E-state index in [4.69, 9.17) is 11.6 Å². The Hall–Kier alpha value is -2.28. The van der Waals surface area contributed by atoms with Crippen LogP contribution >= 0.6 is 11.6 Å². The van der Waals surface area contributed by atoms with Gasteiger partial charge < -0.3 is 20.0 Å². The van der Waals surface area contributed by atoms with Gasteiger partial charge in [0.25, 0.3) is 0 Å². The molecule has 2 saturated heterocycles. The fourth-order valence-electron chi connectivity index (χ4n) is 3.86. The highest BCUT2D eigenvalue weighted by Crippen LogP contribution is 2.20. The lowest BCUT2D eigenvalue weighted by molar-refractivity contribution is -0.158. The zero-order valence-electron chi connectivity index (χ0n) is 16.9. The van der Waals surface area contributed by atoms with Crippen molar-refractivity contribution in [2.75, 3.05) is 38.6 Å². The van der Waals surface area contributed by atoms with E-state index in [1.807, 2.05) is 31.2 Å². The average molecular weight is 421 g/mol. The maximum atomic E-state index is 12.7. The summed E-state index contributed by atoms with van der Waals surface area (Å²) in [6.07, 6.45) is 2.13. The third kappa shape index (κ3) is 5.41. The van der Waals surface area contributed by atoms with Crippen molar-refractivity contribution >= 4 is 29.4 Å². The maximum absolute atomic E-state index is 12.7. The molecule has 7 nitrogen and oxygen atoms in total. The number of piperidine rings is 1. The summed E-state index contributed by atoms with van der Waals surface area (Å²) in [5.41, 5.74) is 2.19. The molecule has 0 aliphatic carbocycles. The third-order valence-electron chi connectivity index (χ3n) is 5.61. The first-order chi connectivity index (χ1) is 14.0. The molecule has 0 saturated carbocycles. The predicted molar refractivity (Wildman–Crippen MR) is 112 cm³/mol. The van der Waals surface area contributed by atoms with Crippen LogP contribution in [0.1, 0.15) is 30.4 Å². The second kappa shape index (κ2) is 9.96. The number of halogens is 1. The third-order valence-corrected chi connectivity index (χ3v) is 5.88. The van der Waals surface area contributed by atoms with E-state index in [0.717, 1.165) is 12.0 Å². The van der Waals surface area contributed by atoms with Gasteiger partial charge in [-0.3, -0.25) is 9.59 Å². The number of nitrogens with zero attached hydrogens (tertiary/aromatic N) is 3. The SMILES string of the molecule is Cc1ccc(CN2CCN(C3CCN(C(=O)NCCCCl)CC3)C(=O)C2=O)cc1. The van der Waals surface area contributed by atoms with Crippen LogP contribution in [0.5, 0.6) is 0 Å². The number of piperazine rings is 1. The number of amides is 4.